The summed E-state index contributed by atoms with van der Waals surface area (Å²) >= 11 is 0. The fourth-order valence-corrected chi connectivity index (χ4v) is 0.0535. The molecule has 0 aliphatic rings. The van der Waals surface area contributed by atoms with Gasteiger partial charge in [-0.05, 0) is 0 Å². The summed E-state index contributed by atoms with van der Waals surface area (Å²) in [6.45, 7) is 0.992. The number of hydrogen-bond acceptors (Lipinski definition) is 2. The van der Waals surface area contributed by atoms with E-state index in [0.29, 0.717) is 6.26 Å². The second-order valence-corrected chi connectivity index (χ2v) is 0.463. The molecule has 0 saturated carbocycles. The summed E-state index contributed by atoms with van der Waals surface area (Å²) in [5.74, 6) is 0. The van der Waals surface area contributed by atoms with Gasteiger partial charge in [-0.3, -0.25) is 0 Å². The molecule has 0 fully saturated rings. The molecule has 0 atom stereocenters. The molecule has 0 aromatic carbocycles. The third kappa shape index (κ3) is 3.14. The lowest BCUT2D eigenvalue weighted by Crippen LogP contribution is -1.68. The molecule has 2 nitrogen and oxygen atoms in total. The van der Waals surface area contributed by atoms with E-state index in [4.69, 9.17) is 4.79 Å². The normalized spacial score (nSPS) is 8.83. The smallest absolute Gasteiger partial charge is 0.422 e. The predicted octanol–water partition coefficient (Wildman–Crippen LogP) is 0.511. The van der Waals surface area contributed by atoms with Crippen molar-refractivity contribution in [2.45, 2.75) is 0 Å². The summed E-state index contributed by atoms with van der Waals surface area (Å²) in [7, 11) is 0. The fraction of sp³-hybridized carbons (Fsp3) is 0. The van der Waals surface area contributed by atoms with Gasteiger partial charge in [-0.1, -0.05) is 0 Å². The van der Waals surface area contributed by atoms with Crippen LogP contribution in [0.2, 0.25) is 0 Å². The summed E-state index contributed by atoms with van der Waals surface area (Å²) in [5.41, 5.74) is 0. The van der Waals surface area contributed by atoms with E-state index in [1.807, 2.05) is 0 Å². The van der Waals surface area contributed by atoms with Gasteiger partial charge >= 0.3 is 6.47 Å². The molecule has 3 heteroatoms. The van der Waals surface area contributed by atoms with Crippen LogP contribution in [-0.2, 0) is 9.53 Å². The summed E-state index contributed by atoms with van der Waals surface area (Å²) < 4.78 is 14.3. The first-order valence-corrected chi connectivity index (χ1v) is 1.20. The van der Waals surface area contributed by atoms with Crippen molar-refractivity contribution >= 4 is 6.47 Å². The maximum atomic E-state index is 10.7. The molecular formula is C3H2FO2. The van der Waals surface area contributed by atoms with Gasteiger partial charge in [0.2, 0.25) is 0 Å². The van der Waals surface area contributed by atoms with Crippen LogP contribution in [0.3, 0.4) is 0 Å². The summed E-state index contributed by atoms with van der Waals surface area (Å²) in [6.07, 6.45) is 0.692. The first-order chi connectivity index (χ1) is 2.91. The second-order valence-electron chi connectivity index (χ2n) is 0.463. The van der Waals surface area contributed by atoms with Crippen LogP contribution in [0, 0.1) is 0 Å². The molecule has 0 amide bonds. The van der Waals surface area contributed by atoms with E-state index in [9.17, 15) is 4.39 Å². The molecule has 6 heavy (non-hydrogen) atoms. The number of carbonyl (C=O) groups excluding carboxylic acids is 1. The van der Waals surface area contributed by atoms with Crippen LogP contribution in [0.4, 0.5) is 4.39 Å². The number of rotatable bonds is 2. The molecular weight excluding hydrogens is 87.0 g/mol. The lowest BCUT2D eigenvalue weighted by atomic mass is 11.1. The number of ether oxygens (including phenoxy) is 1. The SMILES string of the molecule is O=[C]OC=CF. The number of halogens is 1. The van der Waals surface area contributed by atoms with Crippen molar-refractivity contribution in [1.29, 1.82) is 0 Å². The van der Waals surface area contributed by atoms with Crippen LogP contribution < -0.4 is 0 Å². The third-order valence-electron chi connectivity index (χ3n) is 0.168. The maximum absolute atomic E-state index is 10.7. The Bertz CT molecular complexity index is 59.8. The lowest BCUT2D eigenvalue weighted by Gasteiger charge is -1.70. The first kappa shape index (κ1) is 5.14. The van der Waals surface area contributed by atoms with Gasteiger partial charge in [0.15, 0.2) is 0 Å². The fourth-order valence-electron chi connectivity index (χ4n) is 0.0535. The minimum absolute atomic E-state index is 0.102. The third-order valence-corrected chi connectivity index (χ3v) is 0.168. The second kappa shape index (κ2) is 4.14. The van der Waals surface area contributed by atoms with Gasteiger partial charge in [0, 0.05) is 0 Å². The zero-order valence-corrected chi connectivity index (χ0v) is 2.85. The van der Waals surface area contributed by atoms with Gasteiger partial charge < -0.3 is 4.74 Å². The maximum Gasteiger partial charge on any atom is 0.422 e. The molecule has 0 aliphatic carbocycles. The summed E-state index contributed by atoms with van der Waals surface area (Å²) in [5, 5.41) is 0. The molecule has 0 heterocycles. The van der Waals surface area contributed by atoms with Crippen LogP contribution in [0.25, 0.3) is 0 Å². The Labute approximate surface area is 34.2 Å². The van der Waals surface area contributed by atoms with Crippen LogP contribution in [-0.4, -0.2) is 6.47 Å². The molecule has 0 bridgehead atoms. The Kier molecular flexibility index (Phi) is 3.55. The van der Waals surface area contributed by atoms with Crippen molar-refractivity contribution in [1.82, 2.24) is 0 Å². The van der Waals surface area contributed by atoms with Crippen molar-refractivity contribution in [2.75, 3.05) is 0 Å². The van der Waals surface area contributed by atoms with Crippen LogP contribution >= 0.6 is 0 Å². The average Bonchev–Trinajstić information content (AvgIpc) is 1.61. The molecule has 0 unspecified atom stereocenters. The highest BCUT2D eigenvalue weighted by Gasteiger charge is 1.64. The van der Waals surface area contributed by atoms with Crippen LogP contribution in [0.5, 0.6) is 0 Å². The van der Waals surface area contributed by atoms with Gasteiger partial charge in [-0.15, -0.1) is 0 Å². The lowest BCUT2D eigenvalue weighted by molar-refractivity contribution is 0.391. The highest BCUT2D eigenvalue weighted by atomic mass is 19.1. The van der Waals surface area contributed by atoms with Crippen molar-refractivity contribution in [3.8, 4) is 0 Å². The topological polar surface area (TPSA) is 26.3 Å². The van der Waals surface area contributed by atoms with Crippen molar-refractivity contribution < 1.29 is 13.9 Å². The molecule has 0 rings (SSSR count). The van der Waals surface area contributed by atoms with Crippen LogP contribution in [0.1, 0.15) is 0 Å². The van der Waals surface area contributed by atoms with Gasteiger partial charge in [0.05, 0.1) is 0 Å². The average molecular weight is 89.0 g/mol. The highest BCUT2D eigenvalue weighted by Crippen LogP contribution is 1.69. The minimum atomic E-state index is 0.102. The van der Waals surface area contributed by atoms with Gasteiger partial charge in [0.1, 0.15) is 12.6 Å². The van der Waals surface area contributed by atoms with Crippen LogP contribution in [0.15, 0.2) is 12.6 Å². The Morgan fingerprint density at radius 1 is 1.83 bits per heavy atom. The van der Waals surface area contributed by atoms with E-state index in [2.05, 4.69) is 4.74 Å². The van der Waals surface area contributed by atoms with Gasteiger partial charge in [-0.2, -0.15) is 0 Å². The van der Waals surface area contributed by atoms with E-state index >= 15 is 0 Å². The first-order valence-electron chi connectivity index (χ1n) is 1.20. The summed E-state index contributed by atoms with van der Waals surface area (Å²) in [6, 6.07) is 0. The largest absolute Gasteiger partial charge is 0.424 e. The molecule has 33 valence electrons. The Morgan fingerprint density at radius 3 is 2.67 bits per heavy atom. The molecule has 0 aliphatic heterocycles. The number of hydrogen-bond donors (Lipinski definition) is 0. The minimum Gasteiger partial charge on any atom is -0.424 e. The van der Waals surface area contributed by atoms with Gasteiger partial charge in [-0.25, -0.2) is 9.18 Å². The standard InChI is InChI=1S/C3H2FO2/c4-1-2-6-3-5/h1-2H. The van der Waals surface area contributed by atoms with Gasteiger partial charge in [0.25, 0.3) is 0 Å². The van der Waals surface area contributed by atoms with E-state index in [1.165, 1.54) is 0 Å². The highest BCUT2D eigenvalue weighted by molar-refractivity contribution is 5.39. The summed E-state index contributed by atoms with van der Waals surface area (Å²) in [4.78, 5) is 9.00. The monoisotopic (exact) mass is 89.0 g/mol. The van der Waals surface area contributed by atoms with E-state index in [-0.39, 0.29) is 6.33 Å². The molecule has 0 saturated heterocycles. The molecule has 1 radical (unpaired) electrons. The van der Waals surface area contributed by atoms with E-state index in [0.717, 1.165) is 6.47 Å². The Hall–Kier alpha value is -0.860. The quantitative estimate of drug-likeness (QED) is 0.461. The Balaban J connectivity index is 2.85. The zero-order valence-electron chi connectivity index (χ0n) is 2.85. The molecule has 0 aromatic heterocycles. The molecule has 0 N–H and O–H groups in total. The molecule has 0 spiro atoms. The van der Waals surface area contributed by atoms with Crippen molar-refractivity contribution in [3.05, 3.63) is 12.6 Å². The Morgan fingerprint density at radius 2 is 2.50 bits per heavy atom. The van der Waals surface area contributed by atoms with Crippen molar-refractivity contribution in [3.63, 3.8) is 0 Å². The zero-order chi connectivity index (χ0) is 4.83. The van der Waals surface area contributed by atoms with E-state index in [1.54, 1.807) is 0 Å². The van der Waals surface area contributed by atoms with Crippen molar-refractivity contribution in [2.24, 2.45) is 0 Å². The predicted molar refractivity (Wildman–Crippen MR) is 17.0 cm³/mol. The molecule has 0 aromatic rings. The van der Waals surface area contributed by atoms with E-state index < -0.39 is 0 Å².